The van der Waals surface area contributed by atoms with E-state index in [4.69, 9.17) is 5.73 Å². The molecular weight excluding hydrogens is 248 g/mol. The number of hydrogen-bond donors (Lipinski definition) is 2. The molecule has 3 heteroatoms. The summed E-state index contributed by atoms with van der Waals surface area (Å²) in [6, 6.07) is 0. The smallest absolute Gasteiger partial charge is 0.227 e. The summed E-state index contributed by atoms with van der Waals surface area (Å²) in [4.78, 5) is 12.5. The zero-order valence-electron chi connectivity index (χ0n) is 14.5. The van der Waals surface area contributed by atoms with E-state index in [1.54, 1.807) is 0 Å². The van der Waals surface area contributed by atoms with Gasteiger partial charge in [-0.2, -0.15) is 0 Å². The molecule has 1 atom stereocenters. The van der Waals surface area contributed by atoms with Gasteiger partial charge in [0.25, 0.3) is 0 Å². The summed E-state index contributed by atoms with van der Waals surface area (Å²) in [5, 5.41) is 3.19. The molecule has 1 unspecified atom stereocenters. The SMILES string of the molecule is CCCC(CC)(CC)CNC(=O)C(C)(CN)CC(C)C. The minimum Gasteiger partial charge on any atom is -0.355 e. The van der Waals surface area contributed by atoms with E-state index in [2.05, 4.69) is 39.9 Å². The first-order chi connectivity index (χ1) is 9.29. The summed E-state index contributed by atoms with van der Waals surface area (Å²) in [5.74, 6) is 0.600. The van der Waals surface area contributed by atoms with Crippen LogP contribution in [0.4, 0.5) is 0 Å². The van der Waals surface area contributed by atoms with Crippen LogP contribution in [-0.4, -0.2) is 19.0 Å². The Morgan fingerprint density at radius 3 is 2.10 bits per heavy atom. The van der Waals surface area contributed by atoms with E-state index in [-0.39, 0.29) is 11.3 Å². The molecule has 0 spiro atoms. The molecule has 0 aromatic heterocycles. The molecule has 20 heavy (non-hydrogen) atoms. The van der Waals surface area contributed by atoms with E-state index in [1.807, 2.05) is 6.92 Å². The average Bonchev–Trinajstić information content (AvgIpc) is 2.42. The van der Waals surface area contributed by atoms with Gasteiger partial charge in [0.15, 0.2) is 0 Å². The third-order valence-corrected chi connectivity index (χ3v) is 4.76. The fourth-order valence-corrected chi connectivity index (χ4v) is 3.12. The molecule has 0 aliphatic heterocycles. The van der Waals surface area contributed by atoms with Gasteiger partial charge < -0.3 is 11.1 Å². The van der Waals surface area contributed by atoms with Crippen LogP contribution in [0.25, 0.3) is 0 Å². The summed E-state index contributed by atoms with van der Waals surface area (Å²) in [6.45, 7) is 14.1. The lowest BCUT2D eigenvalue weighted by Crippen LogP contribution is -2.48. The van der Waals surface area contributed by atoms with Gasteiger partial charge >= 0.3 is 0 Å². The Balaban J connectivity index is 4.72. The van der Waals surface area contributed by atoms with Gasteiger partial charge in [-0.25, -0.2) is 0 Å². The molecular formula is C17H36N2O. The van der Waals surface area contributed by atoms with Gasteiger partial charge in [-0.05, 0) is 43.9 Å². The first kappa shape index (κ1) is 19.4. The summed E-state index contributed by atoms with van der Waals surface area (Å²) < 4.78 is 0. The van der Waals surface area contributed by atoms with Crippen molar-refractivity contribution in [2.24, 2.45) is 22.5 Å². The van der Waals surface area contributed by atoms with Gasteiger partial charge in [0.1, 0.15) is 0 Å². The first-order valence-electron chi connectivity index (χ1n) is 8.27. The topological polar surface area (TPSA) is 55.1 Å². The molecule has 0 aromatic carbocycles. The molecule has 120 valence electrons. The van der Waals surface area contributed by atoms with Crippen LogP contribution in [0.1, 0.15) is 73.6 Å². The van der Waals surface area contributed by atoms with Crippen molar-refractivity contribution >= 4 is 5.91 Å². The summed E-state index contributed by atoms with van der Waals surface area (Å²) in [6.07, 6.45) is 5.40. The minimum absolute atomic E-state index is 0.121. The lowest BCUT2D eigenvalue weighted by Gasteiger charge is -2.35. The highest BCUT2D eigenvalue weighted by Crippen LogP contribution is 2.32. The van der Waals surface area contributed by atoms with Crippen LogP contribution >= 0.6 is 0 Å². The summed E-state index contributed by atoms with van der Waals surface area (Å²) in [5.41, 5.74) is 5.67. The number of carbonyl (C=O) groups excluding carboxylic acids is 1. The average molecular weight is 284 g/mol. The van der Waals surface area contributed by atoms with Crippen LogP contribution in [0.15, 0.2) is 0 Å². The Bertz CT molecular complexity index is 285. The number of carbonyl (C=O) groups is 1. The number of hydrogen-bond acceptors (Lipinski definition) is 2. The van der Waals surface area contributed by atoms with E-state index >= 15 is 0 Å². The Morgan fingerprint density at radius 2 is 1.75 bits per heavy atom. The standard InChI is InChI=1S/C17H36N2O/c1-7-10-17(8-2,9-3)13-19-15(20)16(6,12-18)11-14(4)5/h14H,7-13,18H2,1-6H3,(H,19,20). The Hall–Kier alpha value is -0.570. The van der Waals surface area contributed by atoms with Crippen LogP contribution < -0.4 is 11.1 Å². The second-order valence-corrected chi connectivity index (χ2v) is 7.00. The fraction of sp³-hybridized carbons (Fsp3) is 0.941. The van der Waals surface area contributed by atoms with Crippen molar-refractivity contribution < 1.29 is 4.79 Å². The number of amides is 1. The predicted octanol–water partition coefficient (Wildman–Crippen LogP) is 3.72. The molecule has 0 fully saturated rings. The molecule has 1 amide bonds. The third-order valence-electron chi connectivity index (χ3n) is 4.76. The van der Waals surface area contributed by atoms with Gasteiger partial charge in [-0.1, -0.05) is 41.0 Å². The van der Waals surface area contributed by atoms with Gasteiger partial charge in [0.05, 0.1) is 5.41 Å². The molecule has 0 saturated carbocycles. The fourth-order valence-electron chi connectivity index (χ4n) is 3.12. The highest BCUT2D eigenvalue weighted by molar-refractivity contribution is 5.82. The molecule has 0 saturated heterocycles. The van der Waals surface area contributed by atoms with Gasteiger partial charge in [-0.3, -0.25) is 4.79 Å². The normalized spacial score (nSPS) is 15.2. The Morgan fingerprint density at radius 1 is 1.20 bits per heavy atom. The van der Waals surface area contributed by atoms with E-state index in [1.165, 1.54) is 6.42 Å². The van der Waals surface area contributed by atoms with Crippen LogP contribution in [0.3, 0.4) is 0 Å². The van der Waals surface area contributed by atoms with Crippen LogP contribution in [-0.2, 0) is 4.79 Å². The van der Waals surface area contributed by atoms with E-state index in [0.717, 1.165) is 32.2 Å². The van der Waals surface area contributed by atoms with Crippen molar-refractivity contribution in [2.45, 2.75) is 73.6 Å². The van der Waals surface area contributed by atoms with E-state index < -0.39 is 5.41 Å². The van der Waals surface area contributed by atoms with E-state index in [9.17, 15) is 4.79 Å². The molecule has 0 heterocycles. The van der Waals surface area contributed by atoms with E-state index in [0.29, 0.717) is 12.5 Å². The second-order valence-electron chi connectivity index (χ2n) is 7.00. The van der Waals surface area contributed by atoms with Gasteiger partial charge in [0, 0.05) is 13.1 Å². The molecule has 0 aromatic rings. The zero-order chi connectivity index (χ0) is 15.8. The highest BCUT2D eigenvalue weighted by atomic mass is 16.2. The maximum Gasteiger partial charge on any atom is 0.227 e. The van der Waals surface area contributed by atoms with Gasteiger partial charge in [-0.15, -0.1) is 0 Å². The second kappa shape index (κ2) is 8.66. The Kier molecular flexibility index (Phi) is 8.41. The van der Waals surface area contributed by atoms with Crippen molar-refractivity contribution in [1.29, 1.82) is 0 Å². The highest BCUT2D eigenvalue weighted by Gasteiger charge is 2.34. The summed E-state index contributed by atoms with van der Waals surface area (Å²) in [7, 11) is 0. The largest absolute Gasteiger partial charge is 0.355 e. The van der Waals surface area contributed by atoms with Crippen LogP contribution in [0.2, 0.25) is 0 Å². The number of nitrogens with two attached hydrogens (primary N) is 1. The van der Waals surface area contributed by atoms with Crippen LogP contribution in [0.5, 0.6) is 0 Å². The molecule has 0 rings (SSSR count). The van der Waals surface area contributed by atoms with Crippen molar-refractivity contribution in [2.75, 3.05) is 13.1 Å². The predicted molar refractivity (Wildman–Crippen MR) is 87.5 cm³/mol. The van der Waals surface area contributed by atoms with Crippen molar-refractivity contribution in [3.05, 3.63) is 0 Å². The quantitative estimate of drug-likeness (QED) is 0.642. The van der Waals surface area contributed by atoms with Gasteiger partial charge in [0.2, 0.25) is 5.91 Å². The molecule has 0 aliphatic rings. The maximum atomic E-state index is 12.5. The lowest BCUT2D eigenvalue weighted by molar-refractivity contribution is -0.131. The molecule has 0 bridgehead atoms. The third kappa shape index (κ3) is 5.43. The number of nitrogens with one attached hydrogen (secondary N) is 1. The zero-order valence-corrected chi connectivity index (χ0v) is 14.5. The van der Waals surface area contributed by atoms with Crippen molar-refractivity contribution in [1.82, 2.24) is 5.32 Å². The summed E-state index contributed by atoms with van der Waals surface area (Å²) >= 11 is 0. The minimum atomic E-state index is -0.437. The molecule has 0 radical (unpaired) electrons. The number of rotatable bonds is 10. The lowest BCUT2D eigenvalue weighted by atomic mass is 9.77. The monoisotopic (exact) mass is 284 g/mol. The molecule has 3 N–H and O–H groups in total. The first-order valence-corrected chi connectivity index (χ1v) is 8.27. The Labute approximate surface area is 126 Å². The molecule has 3 nitrogen and oxygen atoms in total. The van der Waals surface area contributed by atoms with Crippen LogP contribution in [0, 0.1) is 16.7 Å². The van der Waals surface area contributed by atoms with Crippen molar-refractivity contribution in [3.8, 4) is 0 Å². The molecule has 0 aliphatic carbocycles. The maximum absolute atomic E-state index is 12.5. The van der Waals surface area contributed by atoms with Crippen molar-refractivity contribution in [3.63, 3.8) is 0 Å².